The van der Waals surface area contributed by atoms with Crippen LogP contribution < -0.4 is 17.7 Å². The summed E-state index contributed by atoms with van der Waals surface area (Å²) in [4.78, 5) is 2.55. The maximum Gasteiger partial charge on any atom is 0.0110 e. The minimum Gasteiger partial charge on any atom is -1.00 e. The largest absolute Gasteiger partial charge is 1.00 e. The molecule has 0 aliphatic carbocycles. The summed E-state index contributed by atoms with van der Waals surface area (Å²) < 4.78 is 0. The first-order valence-corrected chi connectivity index (χ1v) is 4.29. The predicted molar refractivity (Wildman–Crippen MR) is 44.2 cm³/mol. The first-order valence-electron chi connectivity index (χ1n) is 4.29. The van der Waals surface area contributed by atoms with E-state index in [4.69, 9.17) is 0 Å². The van der Waals surface area contributed by atoms with Gasteiger partial charge in [-0.1, -0.05) is 6.92 Å². The van der Waals surface area contributed by atoms with Gasteiger partial charge in [-0.2, -0.15) is 0 Å². The van der Waals surface area contributed by atoms with E-state index in [-0.39, 0.29) is 12.4 Å². The molecule has 0 aromatic heterocycles. The Balaban J connectivity index is 0.000001000. The second kappa shape index (κ2) is 5.81. The van der Waals surface area contributed by atoms with Crippen LogP contribution in [0.2, 0.25) is 0 Å². The van der Waals surface area contributed by atoms with Crippen LogP contribution in [-0.4, -0.2) is 37.1 Å². The molecule has 68 valence electrons. The number of hydrogen-bond acceptors (Lipinski definition) is 2. The lowest BCUT2D eigenvalue weighted by atomic mass is 10.2. The zero-order valence-electron chi connectivity index (χ0n) is 7.44. The lowest BCUT2D eigenvalue weighted by Crippen LogP contribution is -3.00. The molecule has 0 spiro atoms. The summed E-state index contributed by atoms with van der Waals surface area (Å²) in [5.41, 5.74) is 0. The smallest absolute Gasteiger partial charge is 0.0110 e. The lowest BCUT2D eigenvalue weighted by molar-refractivity contribution is -0.00000234. The van der Waals surface area contributed by atoms with E-state index in [9.17, 15) is 0 Å². The fourth-order valence-electron chi connectivity index (χ4n) is 1.38. The standard InChI is InChI=1S/C8H18N2.ClH/c1-3-8(2)10-6-4-9-5-7-10;/h8-9H,3-7H2,1-2H3;1H/p-1. The number of piperazine rings is 1. The van der Waals surface area contributed by atoms with Gasteiger partial charge in [0.05, 0.1) is 0 Å². The van der Waals surface area contributed by atoms with Crippen LogP contribution in [0.1, 0.15) is 20.3 Å². The fraction of sp³-hybridized carbons (Fsp3) is 1.00. The highest BCUT2D eigenvalue weighted by atomic mass is 35.5. The van der Waals surface area contributed by atoms with E-state index in [1.54, 1.807) is 0 Å². The predicted octanol–water partition coefficient (Wildman–Crippen LogP) is -2.31. The third-order valence-electron chi connectivity index (χ3n) is 2.37. The van der Waals surface area contributed by atoms with Gasteiger partial charge in [-0.25, -0.2) is 0 Å². The summed E-state index contributed by atoms with van der Waals surface area (Å²) in [5.74, 6) is 0. The van der Waals surface area contributed by atoms with Crippen molar-refractivity contribution in [1.82, 2.24) is 10.2 Å². The molecule has 1 N–H and O–H groups in total. The summed E-state index contributed by atoms with van der Waals surface area (Å²) in [6.07, 6.45) is 1.28. The van der Waals surface area contributed by atoms with E-state index in [1.165, 1.54) is 32.6 Å². The highest BCUT2D eigenvalue weighted by Gasteiger charge is 2.13. The van der Waals surface area contributed by atoms with Crippen molar-refractivity contribution in [3.05, 3.63) is 0 Å². The molecule has 1 fully saturated rings. The molecule has 1 atom stereocenters. The number of nitrogens with zero attached hydrogens (tertiary/aromatic N) is 1. The summed E-state index contributed by atoms with van der Waals surface area (Å²) in [5, 5.41) is 3.35. The van der Waals surface area contributed by atoms with Gasteiger partial charge in [0.15, 0.2) is 0 Å². The number of nitrogens with one attached hydrogen (secondary N) is 1. The summed E-state index contributed by atoms with van der Waals surface area (Å²) in [6, 6.07) is 0.780. The third-order valence-corrected chi connectivity index (χ3v) is 2.37. The Morgan fingerprint density at radius 2 is 1.91 bits per heavy atom. The van der Waals surface area contributed by atoms with Crippen LogP contribution in [0.4, 0.5) is 0 Å². The van der Waals surface area contributed by atoms with E-state index >= 15 is 0 Å². The molecule has 0 amide bonds. The van der Waals surface area contributed by atoms with E-state index in [2.05, 4.69) is 24.1 Å². The average molecular weight is 178 g/mol. The zero-order valence-corrected chi connectivity index (χ0v) is 8.19. The number of halogens is 1. The zero-order chi connectivity index (χ0) is 7.40. The van der Waals surface area contributed by atoms with Crippen LogP contribution in [-0.2, 0) is 0 Å². The SMILES string of the molecule is CCC(C)N1CCNCC1.[Cl-]. The van der Waals surface area contributed by atoms with Gasteiger partial charge in [-0.3, -0.25) is 4.90 Å². The van der Waals surface area contributed by atoms with Crippen LogP contribution in [0.15, 0.2) is 0 Å². The lowest BCUT2D eigenvalue weighted by Gasteiger charge is -2.32. The van der Waals surface area contributed by atoms with Crippen molar-refractivity contribution >= 4 is 0 Å². The molecule has 1 aliphatic heterocycles. The first-order chi connectivity index (χ1) is 4.84. The number of rotatable bonds is 2. The summed E-state index contributed by atoms with van der Waals surface area (Å²) in [6.45, 7) is 9.37. The van der Waals surface area contributed by atoms with Crippen molar-refractivity contribution in [3.8, 4) is 0 Å². The van der Waals surface area contributed by atoms with Gasteiger partial charge < -0.3 is 17.7 Å². The Morgan fingerprint density at radius 3 is 2.36 bits per heavy atom. The summed E-state index contributed by atoms with van der Waals surface area (Å²) >= 11 is 0. The van der Waals surface area contributed by atoms with Crippen LogP contribution in [0, 0.1) is 0 Å². The molecule has 1 aliphatic rings. The minimum atomic E-state index is 0. The first kappa shape index (κ1) is 11.2. The quantitative estimate of drug-likeness (QED) is 0.511. The molecular formula is C8H18ClN2-. The maximum absolute atomic E-state index is 3.35. The number of hydrogen-bond donors (Lipinski definition) is 1. The molecule has 0 aromatic carbocycles. The Bertz CT molecular complexity index is 92.1. The van der Waals surface area contributed by atoms with Crippen LogP contribution in [0.25, 0.3) is 0 Å². The van der Waals surface area contributed by atoms with Gasteiger partial charge in [0.2, 0.25) is 0 Å². The van der Waals surface area contributed by atoms with Gasteiger partial charge >= 0.3 is 0 Å². The van der Waals surface area contributed by atoms with E-state index < -0.39 is 0 Å². The molecule has 1 rings (SSSR count). The average Bonchev–Trinajstić information content (AvgIpc) is 2.05. The van der Waals surface area contributed by atoms with E-state index in [1.807, 2.05) is 0 Å². The van der Waals surface area contributed by atoms with Gasteiger partial charge in [-0.05, 0) is 13.3 Å². The molecule has 0 bridgehead atoms. The highest BCUT2D eigenvalue weighted by molar-refractivity contribution is 4.71. The van der Waals surface area contributed by atoms with Crippen molar-refractivity contribution in [3.63, 3.8) is 0 Å². The van der Waals surface area contributed by atoms with Crippen molar-refractivity contribution in [2.75, 3.05) is 26.2 Å². The Kier molecular flexibility index (Phi) is 5.92. The second-order valence-corrected chi connectivity index (χ2v) is 3.04. The highest BCUT2D eigenvalue weighted by Crippen LogP contribution is 2.03. The van der Waals surface area contributed by atoms with E-state index in [0.717, 1.165) is 6.04 Å². The molecule has 1 saturated heterocycles. The molecule has 11 heavy (non-hydrogen) atoms. The Morgan fingerprint density at radius 1 is 1.36 bits per heavy atom. The maximum atomic E-state index is 3.35. The van der Waals surface area contributed by atoms with Crippen LogP contribution in [0.3, 0.4) is 0 Å². The molecule has 0 saturated carbocycles. The van der Waals surface area contributed by atoms with Gasteiger partial charge in [0.25, 0.3) is 0 Å². The fourth-order valence-corrected chi connectivity index (χ4v) is 1.38. The van der Waals surface area contributed by atoms with Crippen LogP contribution in [0.5, 0.6) is 0 Å². The minimum absolute atomic E-state index is 0. The van der Waals surface area contributed by atoms with Gasteiger partial charge in [-0.15, -0.1) is 0 Å². The molecule has 0 aromatic rings. The summed E-state index contributed by atoms with van der Waals surface area (Å²) in [7, 11) is 0. The van der Waals surface area contributed by atoms with Crippen LogP contribution >= 0.6 is 0 Å². The molecule has 2 nitrogen and oxygen atoms in total. The van der Waals surface area contributed by atoms with Gasteiger partial charge in [0, 0.05) is 32.2 Å². The van der Waals surface area contributed by atoms with Gasteiger partial charge in [0.1, 0.15) is 0 Å². The molecule has 3 heteroatoms. The molecular weight excluding hydrogens is 160 g/mol. The molecule has 1 heterocycles. The Hall–Kier alpha value is 0.210. The van der Waals surface area contributed by atoms with Crippen molar-refractivity contribution in [2.45, 2.75) is 26.3 Å². The van der Waals surface area contributed by atoms with E-state index in [0.29, 0.717) is 0 Å². The molecule has 0 radical (unpaired) electrons. The Labute approximate surface area is 75.8 Å². The van der Waals surface area contributed by atoms with Crippen molar-refractivity contribution in [1.29, 1.82) is 0 Å². The second-order valence-electron chi connectivity index (χ2n) is 3.04. The molecule has 1 unspecified atom stereocenters. The third kappa shape index (κ3) is 3.41. The topological polar surface area (TPSA) is 15.3 Å². The monoisotopic (exact) mass is 177 g/mol. The van der Waals surface area contributed by atoms with Crippen molar-refractivity contribution in [2.24, 2.45) is 0 Å². The van der Waals surface area contributed by atoms with Crippen molar-refractivity contribution < 1.29 is 12.4 Å². The normalized spacial score (nSPS) is 22.4.